The summed E-state index contributed by atoms with van der Waals surface area (Å²) in [6.45, 7) is 4.82. The molecule has 6 nitrogen and oxygen atoms in total. The monoisotopic (exact) mass is 270 g/mol. The van der Waals surface area contributed by atoms with Crippen molar-refractivity contribution in [3.05, 3.63) is 17.4 Å². The maximum absolute atomic E-state index is 11.5. The zero-order valence-electron chi connectivity index (χ0n) is 10.2. The van der Waals surface area contributed by atoms with Crippen molar-refractivity contribution in [1.29, 1.82) is 0 Å². The molecule has 0 unspecified atom stereocenters. The fourth-order valence-corrected chi connectivity index (χ4v) is 1.87. The normalized spacial score (nSPS) is 15.7. The third kappa shape index (κ3) is 3.01. The van der Waals surface area contributed by atoms with Crippen LogP contribution in [0.4, 0.5) is 10.7 Å². The number of amides is 1. The molecule has 0 spiro atoms. The Morgan fingerprint density at radius 1 is 1.33 bits per heavy atom. The first kappa shape index (κ1) is 12.9. The fourth-order valence-electron chi connectivity index (χ4n) is 1.77. The first-order valence-corrected chi connectivity index (χ1v) is 6.22. The molecule has 0 bridgehead atoms. The number of carbonyl (C=O) groups is 1. The topological polar surface area (TPSA) is 58.6 Å². The standard InChI is InChI=1S/C11H15ClN4O2/c1-2-18-11(17)16-5-3-15(4-6-16)10-13-7-9(12)8-14-10/h7-8H,2-6H2,1H3. The first-order chi connectivity index (χ1) is 8.70. The van der Waals surface area contributed by atoms with Crippen molar-refractivity contribution >= 4 is 23.6 Å². The molecule has 0 aliphatic carbocycles. The van der Waals surface area contributed by atoms with Gasteiger partial charge in [-0.3, -0.25) is 0 Å². The van der Waals surface area contributed by atoms with Gasteiger partial charge < -0.3 is 14.5 Å². The van der Waals surface area contributed by atoms with Crippen LogP contribution in [0.3, 0.4) is 0 Å². The van der Waals surface area contributed by atoms with Crippen molar-refractivity contribution in [2.45, 2.75) is 6.92 Å². The van der Waals surface area contributed by atoms with Crippen LogP contribution in [0.15, 0.2) is 12.4 Å². The number of hydrogen-bond donors (Lipinski definition) is 0. The van der Waals surface area contributed by atoms with Crippen LogP contribution in [-0.2, 0) is 4.74 Å². The predicted molar refractivity (Wildman–Crippen MR) is 67.9 cm³/mol. The Kier molecular flexibility index (Phi) is 4.19. The van der Waals surface area contributed by atoms with E-state index in [-0.39, 0.29) is 6.09 Å². The van der Waals surface area contributed by atoms with Gasteiger partial charge in [-0.15, -0.1) is 0 Å². The summed E-state index contributed by atoms with van der Waals surface area (Å²) in [5.41, 5.74) is 0. The highest BCUT2D eigenvalue weighted by Gasteiger charge is 2.23. The van der Waals surface area contributed by atoms with E-state index in [2.05, 4.69) is 9.97 Å². The lowest BCUT2D eigenvalue weighted by Crippen LogP contribution is -2.49. The van der Waals surface area contributed by atoms with Gasteiger partial charge in [0.05, 0.1) is 24.0 Å². The van der Waals surface area contributed by atoms with Gasteiger partial charge in [0.25, 0.3) is 0 Å². The Morgan fingerprint density at radius 3 is 2.50 bits per heavy atom. The van der Waals surface area contributed by atoms with Crippen molar-refractivity contribution in [2.24, 2.45) is 0 Å². The Bertz CT molecular complexity index is 404. The van der Waals surface area contributed by atoms with Crippen molar-refractivity contribution in [3.8, 4) is 0 Å². The van der Waals surface area contributed by atoms with Crippen molar-refractivity contribution in [2.75, 3.05) is 37.7 Å². The van der Waals surface area contributed by atoms with Crippen LogP contribution in [0, 0.1) is 0 Å². The molecular formula is C11H15ClN4O2. The van der Waals surface area contributed by atoms with E-state index in [1.807, 2.05) is 4.90 Å². The summed E-state index contributed by atoms with van der Waals surface area (Å²) < 4.78 is 4.96. The zero-order valence-corrected chi connectivity index (χ0v) is 10.9. The van der Waals surface area contributed by atoms with E-state index in [4.69, 9.17) is 16.3 Å². The van der Waals surface area contributed by atoms with Crippen LogP contribution in [-0.4, -0.2) is 53.7 Å². The summed E-state index contributed by atoms with van der Waals surface area (Å²) >= 11 is 5.74. The number of hydrogen-bond acceptors (Lipinski definition) is 5. The number of piperazine rings is 1. The number of carbonyl (C=O) groups excluding carboxylic acids is 1. The van der Waals surface area contributed by atoms with Crippen molar-refractivity contribution in [1.82, 2.24) is 14.9 Å². The highest BCUT2D eigenvalue weighted by molar-refractivity contribution is 6.30. The van der Waals surface area contributed by atoms with Gasteiger partial charge >= 0.3 is 6.09 Å². The van der Waals surface area contributed by atoms with Gasteiger partial charge in [0.2, 0.25) is 5.95 Å². The number of ether oxygens (including phenoxy) is 1. The number of aromatic nitrogens is 2. The molecule has 2 heterocycles. The van der Waals surface area contributed by atoms with Gasteiger partial charge in [-0.1, -0.05) is 11.6 Å². The predicted octanol–water partition coefficient (Wildman–Crippen LogP) is 1.41. The van der Waals surface area contributed by atoms with Gasteiger partial charge in [0.15, 0.2) is 0 Å². The largest absolute Gasteiger partial charge is 0.450 e. The summed E-state index contributed by atoms with van der Waals surface area (Å²) in [6.07, 6.45) is 2.89. The van der Waals surface area contributed by atoms with Crippen LogP contribution in [0.5, 0.6) is 0 Å². The molecule has 0 saturated carbocycles. The third-order valence-corrected chi connectivity index (χ3v) is 2.89. The molecule has 1 fully saturated rings. The highest BCUT2D eigenvalue weighted by atomic mass is 35.5. The second-order valence-corrected chi connectivity index (χ2v) is 4.31. The maximum Gasteiger partial charge on any atom is 0.409 e. The van der Waals surface area contributed by atoms with E-state index in [0.717, 1.165) is 0 Å². The lowest BCUT2D eigenvalue weighted by Gasteiger charge is -2.33. The second-order valence-electron chi connectivity index (χ2n) is 3.87. The minimum absolute atomic E-state index is 0.255. The summed E-state index contributed by atoms with van der Waals surface area (Å²) in [5.74, 6) is 0.642. The number of halogens is 1. The quantitative estimate of drug-likeness (QED) is 0.813. The van der Waals surface area contributed by atoms with Crippen LogP contribution < -0.4 is 4.90 Å². The van der Waals surface area contributed by atoms with E-state index >= 15 is 0 Å². The highest BCUT2D eigenvalue weighted by Crippen LogP contribution is 2.13. The maximum atomic E-state index is 11.5. The Balaban J connectivity index is 1.90. The van der Waals surface area contributed by atoms with Gasteiger partial charge in [-0.05, 0) is 6.92 Å². The summed E-state index contributed by atoms with van der Waals surface area (Å²) in [6, 6.07) is 0. The van der Waals surface area contributed by atoms with Crippen LogP contribution >= 0.6 is 11.6 Å². The average molecular weight is 271 g/mol. The van der Waals surface area contributed by atoms with Gasteiger partial charge in [-0.25, -0.2) is 14.8 Å². The van der Waals surface area contributed by atoms with E-state index in [1.54, 1.807) is 24.2 Å². The Labute approximate surface area is 111 Å². The number of rotatable bonds is 2. The van der Waals surface area contributed by atoms with Crippen LogP contribution in [0.1, 0.15) is 6.92 Å². The first-order valence-electron chi connectivity index (χ1n) is 5.85. The molecule has 2 rings (SSSR count). The minimum atomic E-state index is -0.255. The minimum Gasteiger partial charge on any atom is -0.450 e. The SMILES string of the molecule is CCOC(=O)N1CCN(c2ncc(Cl)cn2)CC1. The van der Waals surface area contributed by atoms with Gasteiger partial charge in [0, 0.05) is 26.2 Å². The lowest BCUT2D eigenvalue weighted by atomic mass is 10.3. The molecule has 0 N–H and O–H groups in total. The van der Waals surface area contributed by atoms with Crippen LogP contribution in [0.2, 0.25) is 5.02 Å². The molecule has 7 heteroatoms. The van der Waals surface area contributed by atoms with E-state index in [0.29, 0.717) is 43.8 Å². The second kappa shape index (κ2) is 5.86. The third-order valence-electron chi connectivity index (χ3n) is 2.70. The van der Waals surface area contributed by atoms with E-state index in [9.17, 15) is 4.79 Å². The molecule has 1 aromatic rings. The van der Waals surface area contributed by atoms with E-state index in [1.165, 1.54) is 0 Å². The number of nitrogens with zero attached hydrogens (tertiary/aromatic N) is 4. The molecule has 18 heavy (non-hydrogen) atoms. The molecular weight excluding hydrogens is 256 g/mol. The summed E-state index contributed by atoms with van der Waals surface area (Å²) in [7, 11) is 0. The van der Waals surface area contributed by atoms with Gasteiger partial charge in [0.1, 0.15) is 0 Å². The summed E-state index contributed by atoms with van der Waals surface area (Å²) in [5, 5.41) is 0.518. The molecule has 0 atom stereocenters. The van der Waals surface area contributed by atoms with Crippen LogP contribution in [0.25, 0.3) is 0 Å². The van der Waals surface area contributed by atoms with E-state index < -0.39 is 0 Å². The smallest absolute Gasteiger partial charge is 0.409 e. The molecule has 1 amide bonds. The lowest BCUT2D eigenvalue weighted by molar-refractivity contribution is 0.105. The molecule has 98 valence electrons. The Hall–Kier alpha value is -1.56. The molecule has 0 aromatic carbocycles. The number of anilines is 1. The molecule has 0 radical (unpaired) electrons. The Morgan fingerprint density at radius 2 is 1.94 bits per heavy atom. The molecule has 1 aromatic heterocycles. The fraction of sp³-hybridized carbons (Fsp3) is 0.545. The molecule has 1 aliphatic heterocycles. The van der Waals surface area contributed by atoms with Crippen molar-refractivity contribution in [3.63, 3.8) is 0 Å². The molecule has 1 saturated heterocycles. The van der Waals surface area contributed by atoms with Crippen molar-refractivity contribution < 1.29 is 9.53 Å². The average Bonchev–Trinajstić information content (AvgIpc) is 2.40. The van der Waals surface area contributed by atoms with Gasteiger partial charge in [-0.2, -0.15) is 0 Å². The summed E-state index contributed by atoms with van der Waals surface area (Å²) in [4.78, 5) is 23.5. The molecule has 1 aliphatic rings. The zero-order chi connectivity index (χ0) is 13.0.